The highest BCUT2D eigenvalue weighted by atomic mass is 79.9. The Kier molecular flexibility index (Phi) is 6.10. The van der Waals surface area contributed by atoms with E-state index in [-0.39, 0.29) is 0 Å². The summed E-state index contributed by atoms with van der Waals surface area (Å²) in [5.74, 6) is 0.835. The fourth-order valence-electron chi connectivity index (χ4n) is 2.87. The fourth-order valence-corrected chi connectivity index (χ4v) is 3.43. The van der Waals surface area contributed by atoms with Crippen molar-refractivity contribution in [3.8, 4) is 5.75 Å². The van der Waals surface area contributed by atoms with Crippen LogP contribution in [0.4, 0.5) is 0 Å². The Balaban J connectivity index is 1.50. The van der Waals surface area contributed by atoms with Crippen LogP contribution in [0.25, 0.3) is 0 Å². The molecule has 0 saturated carbocycles. The van der Waals surface area contributed by atoms with Gasteiger partial charge in [0.25, 0.3) is 0 Å². The van der Waals surface area contributed by atoms with E-state index in [9.17, 15) is 0 Å². The monoisotopic (exact) mass is 401 g/mol. The van der Waals surface area contributed by atoms with Gasteiger partial charge in [-0.1, -0.05) is 29.8 Å². The molecule has 0 radical (unpaired) electrons. The molecule has 25 heavy (non-hydrogen) atoms. The number of piperazine rings is 1. The van der Waals surface area contributed by atoms with E-state index in [0.717, 1.165) is 48.5 Å². The summed E-state index contributed by atoms with van der Waals surface area (Å²) >= 11 is 3.51. The predicted molar refractivity (Wildman–Crippen MR) is 106 cm³/mol. The molecular formula is C20H24BrN3O. The molecule has 132 valence electrons. The van der Waals surface area contributed by atoms with Crippen LogP contribution >= 0.6 is 15.9 Å². The van der Waals surface area contributed by atoms with Crippen LogP contribution < -0.4 is 4.74 Å². The van der Waals surface area contributed by atoms with Crippen LogP contribution in [0, 0.1) is 6.92 Å². The molecule has 1 saturated heterocycles. The van der Waals surface area contributed by atoms with Crippen LogP contribution in [0.3, 0.4) is 0 Å². The average Bonchev–Trinajstić information content (AvgIpc) is 2.63. The van der Waals surface area contributed by atoms with E-state index >= 15 is 0 Å². The molecule has 3 rings (SSSR count). The number of hydrazone groups is 1. The molecule has 2 aromatic rings. The summed E-state index contributed by atoms with van der Waals surface area (Å²) in [6, 6.07) is 14.8. The first-order valence-corrected chi connectivity index (χ1v) is 9.34. The molecule has 0 spiro atoms. The van der Waals surface area contributed by atoms with E-state index in [1.807, 2.05) is 24.4 Å². The maximum atomic E-state index is 5.25. The first-order chi connectivity index (χ1) is 12.1. The maximum Gasteiger partial charge on any atom is 0.133 e. The van der Waals surface area contributed by atoms with Gasteiger partial charge in [0, 0.05) is 32.7 Å². The Labute approximate surface area is 158 Å². The Hall–Kier alpha value is -1.85. The van der Waals surface area contributed by atoms with Gasteiger partial charge in [0.2, 0.25) is 0 Å². The van der Waals surface area contributed by atoms with Gasteiger partial charge in [-0.25, -0.2) is 0 Å². The van der Waals surface area contributed by atoms with Crippen LogP contribution in [0.1, 0.15) is 16.7 Å². The second kappa shape index (κ2) is 8.50. The minimum atomic E-state index is 0.835. The average molecular weight is 402 g/mol. The minimum Gasteiger partial charge on any atom is -0.496 e. The normalized spacial score (nSPS) is 15.7. The summed E-state index contributed by atoms with van der Waals surface area (Å²) < 4.78 is 6.20. The molecule has 2 aromatic carbocycles. The fraction of sp³-hybridized carbons (Fsp3) is 0.350. The zero-order valence-electron chi connectivity index (χ0n) is 14.8. The van der Waals surface area contributed by atoms with Crippen molar-refractivity contribution in [3.05, 3.63) is 63.6 Å². The number of aryl methyl sites for hydroxylation is 1. The van der Waals surface area contributed by atoms with Gasteiger partial charge in [-0.2, -0.15) is 5.10 Å². The molecule has 1 aliphatic heterocycles. The molecule has 1 aliphatic rings. The molecule has 1 heterocycles. The summed E-state index contributed by atoms with van der Waals surface area (Å²) in [6.45, 7) is 7.14. The van der Waals surface area contributed by atoms with Crippen molar-refractivity contribution in [2.75, 3.05) is 33.3 Å². The van der Waals surface area contributed by atoms with E-state index in [0.29, 0.717) is 0 Å². The molecule has 0 unspecified atom stereocenters. The SMILES string of the molecule is COc1ccc(/C=N/N2CCN(Cc3ccc(C)cc3)CC2)cc1Br. The smallest absolute Gasteiger partial charge is 0.133 e. The lowest BCUT2D eigenvalue weighted by Crippen LogP contribution is -2.43. The lowest BCUT2D eigenvalue weighted by molar-refractivity contribution is 0.131. The second-order valence-corrected chi connectivity index (χ2v) is 7.21. The van der Waals surface area contributed by atoms with Gasteiger partial charge in [0.15, 0.2) is 0 Å². The van der Waals surface area contributed by atoms with Gasteiger partial charge >= 0.3 is 0 Å². The predicted octanol–water partition coefficient (Wildman–Crippen LogP) is 3.92. The molecular weight excluding hydrogens is 378 g/mol. The highest BCUT2D eigenvalue weighted by Crippen LogP contribution is 2.24. The molecule has 0 amide bonds. The van der Waals surface area contributed by atoms with Crippen molar-refractivity contribution < 1.29 is 4.74 Å². The zero-order valence-corrected chi connectivity index (χ0v) is 16.4. The third kappa shape index (κ3) is 5.06. The Morgan fingerprint density at radius 2 is 1.80 bits per heavy atom. The second-order valence-electron chi connectivity index (χ2n) is 6.35. The van der Waals surface area contributed by atoms with E-state index in [1.54, 1.807) is 7.11 Å². The largest absolute Gasteiger partial charge is 0.496 e. The number of benzene rings is 2. The van der Waals surface area contributed by atoms with Crippen LogP contribution in [0.5, 0.6) is 5.75 Å². The van der Waals surface area contributed by atoms with Crippen LogP contribution in [0.15, 0.2) is 52.0 Å². The summed E-state index contributed by atoms with van der Waals surface area (Å²) in [5.41, 5.74) is 3.76. The number of rotatable bonds is 5. The van der Waals surface area contributed by atoms with Gasteiger partial charge in [-0.05, 0) is 52.2 Å². The number of hydrogen-bond donors (Lipinski definition) is 0. The van der Waals surface area contributed by atoms with Crippen LogP contribution in [-0.4, -0.2) is 49.4 Å². The third-order valence-electron chi connectivity index (χ3n) is 4.42. The van der Waals surface area contributed by atoms with Gasteiger partial charge in [-0.3, -0.25) is 9.91 Å². The lowest BCUT2D eigenvalue weighted by atomic mass is 10.1. The van der Waals surface area contributed by atoms with E-state index in [4.69, 9.17) is 4.74 Å². The topological polar surface area (TPSA) is 28.1 Å². The number of nitrogens with zero attached hydrogens (tertiary/aromatic N) is 3. The molecule has 5 heteroatoms. The molecule has 0 atom stereocenters. The number of hydrogen-bond acceptors (Lipinski definition) is 4. The van der Waals surface area contributed by atoms with Crippen LogP contribution in [0.2, 0.25) is 0 Å². The Bertz CT molecular complexity index is 722. The zero-order chi connectivity index (χ0) is 17.6. The number of ether oxygens (including phenoxy) is 1. The highest BCUT2D eigenvalue weighted by Gasteiger charge is 2.15. The number of methoxy groups -OCH3 is 1. The van der Waals surface area contributed by atoms with E-state index < -0.39 is 0 Å². The summed E-state index contributed by atoms with van der Waals surface area (Å²) in [7, 11) is 1.67. The van der Waals surface area contributed by atoms with Crippen molar-refractivity contribution in [2.24, 2.45) is 5.10 Å². The van der Waals surface area contributed by atoms with E-state index in [1.165, 1.54) is 11.1 Å². The summed E-state index contributed by atoms with van der Waals surface area (Å²) in [4.78, 5) is 2.49. The van der Waals surface area contributed by atoms with Crippen molar-refractivity contribution in [1.29, 1.82) is 0 Å². The molecule has 4 nitrogen and oxygen atoms in total. The van der Waals surface area contributed by atoms with Gasteiger partial charge in [0.05, 0.1) is 17.8 Å². The van der Waals surface area contributed by atoms with Crippen molar-refractivity contribution >= 4 is 22.1 Å². The van der Waals surface area contributed by atoms with Crippen molar-refractivity contribution in [3.63, 3.8) is 0 Å². The molecule has 0 N–H and O–H groups in total. The third-order valence-corrected chi connectivity index (χ3v) is 5.04. The molecule has 0 aliphatic carbocycles. The van der Waals surface area contributed by atoms with Crippen molar-refractivity contribution in [2.45, 2.75) is 13.5 Å². The first-order valence-electron chi connectivity index (χ1n) is 8.54. The summed E-state index contributed by atoms with van der Waals surface area (Å²) in [5, 5.41) is 6.77. The van der Waals surface area contributed by atoms with Gasteiger partial charge in [0.1, 0.15) is 5.75 Å². The quantitative estimate of drug-likeness (QED) is 0.710. The number of halogens is 1. The van der Waals surface area contributed by atoms with Gasteiger partial charge < -0.3 is 4.74 Å². The minimum absolute atomic E-state index is 0.835. The first kappa shape index (κ1) is 18.0. The van der Waals surface area contributed by atoms with Crippen LogP contribution in [-0.2, 0) is 6.54 Å². The Morgan fingerprint density at radius 1 is 1.08 bits per heavy atom. The summed E-state index contributed by atoms with van der Waals surface area (Å²) in [6.07, 6.45) is 1.92. The standard InChI is InChI=1S/C20H24BrN3O/c1-16-3-5-17(6-4-16)15-23-9-11-24(12-10-23)22-14-18-7-8-20(25-2)19(21)13-18/h3-8,13-14H,9-12,15H2,1-2H3/b22-14+. The van der Waals surface area contributed by atoms with E-state index in [2.05, 4.69) is 62.1 Å². The van der Waals surface area contributed by atoms with Crippen molar-refractivity contribution in [1.82, 2.24) is 9.91 Å². The Morgan fingerprint density at radius 3 is 2.44 bits per heavy atom. The molecule has 1 fully saturated rings. The highest BCUT2D eigenvalue weighted by molar-refractivity contribution is 9.10. The molecule has 0 bridgehead atoms. The van der Waals surface area contributed by atoms with Gasteiger partial charge in [-0.15, -0.1) is 0 Å². The maximum absolute atomic E-state index is 5.25. The lowest BCUT2D eigenvalue weighted by Gasteiger charge is -2.33. The molecule has 0 aromatic heterocycles.